The fraction of sp³-hybridized carbons (Fsp3) is 1.00. The lowest BCUT2D eigenvalue weighted by Crippen LogP contribution is -3.00. The Hall–Kier alpha value is 1.16. The lowest BCUT2D eigenvalue weighted by Gasteiger charge is -2.28. The summed E-state index contributed by atoms with van der Waals surface area (Å²) in [5, 5.41) is 0. The van der Waals surface area contributed by atoms with Crippen LogP contribution in [0.5, 0.6) is 0 Å². The summed E-state index contributed by atoms with van der Waals surface area (Å²) in [6.45, 7) is 9.37. The molecule has 0 N–H and O–H groups in total. The predicted octanol–water partition coefficient (Wildman–Crippen LogP) is 11.0. The van der Waals surface area contributed by atoms with Crippen molar-refractivity contribution in [1.29, 1.82) is 0 Å². The van der Waals surface area contributed by atoms with Crippen molar-refractivity contribution >= 4 is 7.26 Å². The van der Waals surface area contributed by atoms with Crippen molar-refractivity contribution in [3.8, 4) is 0 Å². The summed E-state index contributed by atoms with van der Waals surface area (Å²) in [7, 11) is -0.742. The van der Waals surface area contributed by atoms with E-state index in [0.29, 0.717) is 0 Å². The SMILES string of the molecule is CCCCCCCCC[P+](CCCCCCCCC)(CCCCCCCCC)CCCCCCCCC.[I-]. The van der Waals surface area contributed by atoms with Crippen LogP contribution in [0.4, 0.5) is 0 Å². The highest BCUT2D eigenvalue weighted by Gasteiger charge is 2.34. The summed E-state index contributed by atoms with van der Waals surface area (Å²) in [5.74, 6) is 0. The van der Waals surface area contributed by atoms with Crippen LogP contribution in [0.25, 0.3) is 0 Å². The van der Waals surface area contributed by atoms with E-state index in [4.69, 9.17) is 0 Å². The van der Waals surface area contributed by atoms with Crippen molar-refractivity contribution in [2.45, 2.75) is 207 Å². The van der Waals surface area contributed by atoms with Gasteiger partial charge in [0, 0.05) is 7.26 Å². The number of unbranched alkanes of at least 4 members (excludes halogenated alkanes) is 24. The first-order chi connectivity index (χ1) is 18.2. The summed E-state index contributed by atoms with van der Waals surface area (Å²) >= 11 is 0. The van der Waals surface area contributed by atoms with Crippen LogP contribution in [0.3, 0.4) is 0 Å². The van der Waals surface area contributed by atoms with Crippen molar-refractivity contribution in [3.05, 3.63) is 0 Å². The number of rotatable bonds is 32. The highest BCUT2D eigenvalue weighted by molar-refractivity contribution is 7.75. The van der Waals surface area contributed by atoms with Gasteiger partial charge < -0.3 is 24.0 Å². The molecule has 0 aliphatic heterocycles. The van der Waals surface area contributed by atoms with Gasteiger partial charge in [0.2, 0.25) is 0 Å². The third-order valence-corrected chi connectivity index (χ3v) is 14.0. The van der Waals surface area contributed by atoms with E-state index in [-0.39, 0.29) is 24.0 Å². The van der Waals surface area contributed by atoms with Crippen LogP contribution in [-0.4, -0.2) is 24.6 Å². The van der Waals surface area contributed by atoms with E-state index in [1.54, 1.807) is 50.3 Å². The molecule has 0 bridgehead atoms. The molecule has 0 aliphatic carbocycles. The Bertz CT molecular complexity index is 333. The average Bonchev–Trinajstić information content (AvgIpc) is 2.91. The third-order valence-electron chi connectivity index (χ3n) is 8.94. The van der Waals surface area contributed by atoms with Gasteiger partial charge in [0.05, 0.1) is 24.6 Å². The van der Waals surface area contributed by atoms with Crippen molar-refractivity contribution in [3.63, 3.8) is 0 Å². The average molecular weight is 667 g/mol. The molecule has 0 aromatic rings. The van der Waals surface area contributed by atoms with Crippen LogP contribution in [0.15, 0.2) is 0 Å². The molecule has 0 aromatic carbocycles. The minimum Gasteiger partial charge on any atom is -1.00 e. The summed E-state index contributed by atoms with van der Waals surface area (Å²) < 4.78 is 0. The summed E-state index contributed by atoms with van der Waals surface area (Å²) in [6.07, 6.45) is 48.2. The van der Waals surface area contributed by atoms with E-state index in [1.807, 2.05) is 0 Å². The van der Waals surface area contributed by atoms with Crippen LogP contribution >= 0.6 is 7.26 Å². The molecule has 38 heavy (non-hydrogen) atoms. The maximum atomic E-state index is 2.34. The topological polar surface area (TPSA) is 0 Å². The first-order valence-electron chi connectivity index (χ1n) is 18.1. The summed E-state index contributed by atoms with van der Waals surface area (Å²) in [6, 6.07) is 0. The van der Waals surface area contributed by atoms with Crippen LogP contribution in [-0.2, 0) is 0 Å². The van der Waals surface area contributed by atoms with Gasteiger partial charge in [0.25, 0.3) is 0 Å². The monoisotopic (exact) mass is 666 g/mol. The fourth-order valence-electron chi connectivity index (χ4n) is 6.29. The molecule has 0 saturated heterocycles. The number of hydrogen-bond donors (Lipinski definition) is 0. The molecule has 0 nitrogen and oxygen atoms in total. The molecule has 0 amide bonds. The lowest BCUT2D eigenvalue weighted by atomic mass is 10.1. The predicted molar refractivity (Wildman–Crippen MR) is 178 cm³/mol. The zero-order valence-electron chi connectivity index (χ0n) is 27.5. The summed E-state index contributed by atoms with van der Waals surface area (Å²) in [4.78, 5) is 0. The Morgan fingerprint density at radius 2 is 0.395 bits per heavy atom. The Balaban J connectivity index is 0. The van der Waals surface area contributed by atoms with E-state index in [9.17, 15) is 0 Å². The Morgan fingerprint density at radius 3 is 0.579 bits per heavy atom. The van der Waals surface area contributed by atoms with E-state index in [0.717, 1.165) is 0 Å². The fourth-order valence-corrected chi connectivity index (χ4v) is 11.2. The molecule has 0 unspecified atom stereocenters. The quantitative estimate of drug-likeness (QED) is 0.0381. The van der Waals surface area contributed by atoms with E-state index < -0.39 is 7.26 Å². The molecule has 0 aliphatic rings. The van der Waals surface area contributed by atoms with Gasteiger partial charge in [0.15, 0.2) is 0 Å². The van der Waals surface area contributed by atoms with Crippen molar-refractivity contribution in [2.24, 2.45) is 0 Å². The van der Waals surface area contributed by atoms with E-state index >= 15 is 0 Å². The van der Waals surface area contributed by atoms with Gasteiger partial charge in [-0.3, -0.25) is 0 Å². The molecule has 0 atom stereocenters. The standard InChI is InChI=1S/C36H76P.HI/c1-5-9-13-17-21-25-29-33-37(34-30-26-22-18-14-10-6-2,35-31-27-23-19-15-11-7-3)36-32-28-24-20-16-12-8-4;/h5-36H2,1-4H3;1H/q+1;/p-1. The smallest absolute Gasteiger partial charge is 0.0594 e. The molecule has 0 saturated carbocycles. The second-order valence-electron chi connectivity index (χ2n) is 12.7. The van der Waals surface area contributed by atoms with Crippen molar-refractivity contribution < 1.29 is 24.0 Å². The molecule has 232 valence electrons. The molecule has 2 heteroatoms. The maximum absolute atomic E-state index is 2.34. The first kappa shape index (κ1) is 41.3. The Morgan fingerprint density at radius 1 is 0.237 bits per heavy atom. The molecule has 0 aromatic heterocycles. The minimum atomic E-state index is -0.742. The molecule has 0 heterocycles. The number of halogens is 1. The zero-order valence-corrected chi connectivity index (χ0v) is 30.5. The minimum absolute atomic E-state index is 0. The molecule has 0 rings (SSSR count). The Kier molecular flexibility index (Phi) is 37.3. The van der Waals surface area contributed by atoms with Gasteiger partial charge in [0.1, 0.15) is 0 Å². The highest BCUT2D eigenvalue weighted by atomic mass is 127. The second kappa shape index (κ2) is 34.4. The second-order valence-corrected chi connectivity index (χ2v) is 17.2. The molecule has 0 spiro atoms. The van der Waals surface area contributed by atoms with Crippen LogP contribution in [0.2, 0.25) is 0 Å². The molecule has 0 fully saturated rings. The summed E-state index contributed by atoms with van der Waals surface area (Å²) in [5.41, 5.74) is 0. The third kappa shape index (κ3) is 28.7. The van der Waals surface area contributed by atoms with Crippen molar-refractivity contribution in [1.82, 2.24) is 0 Å². The van der Waals surface area contributed by atoms with E-state index in [2.05, 4.69) is 27.7 Å². The largest absolute Gasteiger partial charge is 1.00 e. The lowest BCUT2D eigenvalue weighted by molar-refractivity contribution is -0.00000843. The van der Waals surface area contributed by atoms with Gasteiger partial charge in [-0.05, 0) is 51.4 Å². The molecular formula is C36H76IP. The zero-order chi connectivity index (χ0) is 27.1. The van der Waals surface area contributed by atoms with E-state index in [1.165, 1.54) is 154 Å². The Labute approximate surface area is 262 Å². The normalized spacial score (nSPS) is 11.7. The number of hydrogen-bond acceptors (Lipinski definition) is 0. The van der Waals surface area contributed by atoms with Crippen molar-refractivity contribution in [2.75, 3.05) is 24.6 Å². The van der Waals surface area contributed by atoms with Crippen LogP contribution in [0, 0.1) is 0 Å². The molecular weight excluding hydrogens is 590 g/mol. The first-order valence-corrected chi connectivity index (χ1v) is 20.6. The van der Waals surface area contributed by atoms with Crippen LogP contribution in [0.1, 0.15) is 207 Å². The van der Waals surface area contributed by atoms with Crippen LogP contribution < -0.4 is 24.0 Å². The maximum Gasteiger partial charge on any atom is 0.0594 e. The van der Waals surface area contributed by atoms with Gasteiger partial charge in [-0.25, -0.2) is 0 Å². The van der Waals surface area contributed by atoms with Gasteiger partial charge in [-0.15, -0.1) is 0 Å². The van der Waals surface area contributed by atoms with Gasteiger partial charge >= 0.3 is 0 Å². The molecule has 0 radical (unpaired) electrons. The van der Waals surface area contributed by atoms with Gasteiger partial charge in [-0.2, -0.15) is 0 Å². The highest BCUT2D eigenvalue weighted by Crippen LogP contribution is 2.61. The van der Waals surface area contributed by atoms with Gasteiger partial charge in [-0.1, -0.05) is 156 Å².